The van der Waals surface area contributed by atoms with Crippen molar-refractivity contribution in [1.29, 1.82) is 0 Å². The van der Waals surface area contributed by atoms with E-state index in [-0.39, 0.29) is 24.5 Å². The summed E-state index contributed by atoms with van der Waals surface area (Å²) < 4.78 is 4.94. The normalized spacial score (nSPS) is 12.8. The maximum Gasteiger partial charge on any atom is 0.325 e. The average Bonchev–Trinajstić information content (AvgIpc) is 2.91. The number of benzene rings is 1. The van der Waals surface area contributed by atoms with Gasteiger partial charge in [0.25, 0.3) is 5.91 Å². The second-order valence-corrected chi connectivity index (χ2v) is 5.38. The molecule has 1 N–H and O–H groups in total. The Morgan fingerprint density at radius 3 is 2.81 bits per heavy atom. The monoisotopic (exact) mass is 290 g/mol. The van der Waals surface area contributed by atoms with Crippen LogP contribution in [0.2, 0.25) is 0 Å². The number of amides is 1. The fourth-order valence-electron chi connectivity index (χ4n) is 2.44. The van der Waals surface area contributed by atoms with E-state index in [9.17, 15) is 9.59 Å². The van der Waals surface area contributed by atoms with Crippen LogP contribution in [-0.4, -0.2) is 42.5 Å². The van der Waals surface area contributed by atoms with Crippen LogP contribution in [0, 0.1) is 0 Å². The topological polar surface area (TPSA) is 58.6 Å². The molecule has 0 unspecified atom stereocenters. The van der Waals surface area contributed by atoms with Gasteiger partial charge in [-0.3, -0.25) is 9.59 Å². The van der Waals surface area contributed by atoms with Gasteiger partial charge in [0.15, 0.2) is 0 Å². The van der Waals surface area contributed by atoms with Crippen molar-refractivity contribution in [3.8, 4) is 0 Å². The van der Waals surface area contributed by atoms with Gasteiger partial charge in [-0.1, -0.05) is 0 Å². The number of ether oxygens (including phenoxy) is 1. The highest BCUT2D eigenvalue weighted by Gasteiger charge is 2.23. The van der Waals surface area contributed by atoms with Crippen LogP contribution >= 0.6 is 0 Å². The summed E-state index contributed by atoms with van der Waals surface area (Å²) in [6.07, 6.45) is 0.927. The first-order chi connectivity index (χ1) is 10.0. The molecule has 0 aromatic heterocycles. The van der Waals surface area contributed by atoms with Crippen molar-refractivity contribution in [2.24, 2.45) is 0 Å². The van der Waals surface area contributed by atoms with E-state index in [1.54, 1.807) is 17.9 Å². The molecule has 1 aliphatic rings. The largest absolute Gasteiger partial charge is 0.465 e. The van der Waals surface area contributed by atoms with Crippen LogP contribution in [0.5, 0.6) is 0 Å². The number of hydrogen-bond acceptors (Lipinski definition) is 4. The van der Waals surface area contributed by atoms with Crippen molar-refractivity contribution in [2.75, 3.05) is 25.0 Å². The molecule has 5 nitrogen and oxygen atoms in total. The van der Waals surface area contributed by atoms with Gasteiger partial charge in [-0.05, 0) is 51.0 Å². The lowest BCUT2D eigenvalue weighted by molar-refractivity contribution is -0.144. The molecule has 1 amide bonds. The second kappa shape index (κ2) is 6.61. The van der Waals surface area contributed by atoms with Crippen molar-refractivity contribution in [2.45, 2.75) is 33.2 Å². The molecule has 1 aromatic rings. The molecule has 0 saturated heterocycles. The summed E-state index contributed by atoms with van der Waals surface area (Å²) in [6.45, 7) is 6.76. The Labute approximate surface area is 125 Å². The fourth-order valence-corrected chi connectivity index (χ4v) is 2.44. The Kier molecular flexibility index (Phi) is 4.83. The summed E-state index contributed by atoms with van der Waals surface area (Å²) in [4.78, 5) is 25.8. The minimum Gasteiger partial charge on any atom is -0.465 e. The van der Waals surface area contributed by atoms with Crippen LogP contribution < -0.4 is 5.32 Å². The molecule has 0 spiro atoms. The lowest BCUT2D eigenvalue weighted by atomic mass is 10.1. The standard InChI is InChI=1S/C16H22N2O3/c1-4-21-15(19)10-18(11(2)3)16(20)13-5-6-14-12(9-13)7-8-17-14/h5-6,9,11,17H,4,7-8,10H2,1-3H3. The summed E-state index contributed by atoms with van der Waals surface area (Å²) in [6, 6.07) is 5.59. The van der Waals surface area contributed by atoms with Crippen LogP contribution in [0.4, 0.5) is 5.69 Å². The smallest absolute Gasteiger partial charge is 0.325 e. The molecule has 0 aliphatic carbocycles. The molecule has 1 aliphatic heterocycles. The van der Waals surface area contributed by atoms with Crippen LogP contribution in [0.3, 0.4) is 0 Å². The van der Waals surface area contributed by atoms with Gasteiger partial charge >= 0.3 is 5.97 Å². The van der Waals surface area contributed by atoms with Crippen LogP contribution in [-0.2, 0) is 16.0 Å². The van der Waals surface area contributed by atoms with Gasteiger partial charge in [0, 0.05) is 23.8 Å². The summed E-state index contributed by atoms with van der Waals surface area (Å²) in [5, 5.41) is 3.27. The average molecular weight is 290 g/mol. The van der Waals surface area contributed by atoms with Crippen molar-refractivity contribution >= 4 is 17.6 Å². The molecule has 1 aromatic carbocycles. The minimum absolute atomic E-state index is 0.0142. The number of esters is 1. The molecule has 0 fully saturated rings. The number of nitrogens with zero attached hydrogens (tertiary/aromatic N) is 1. The van der Waals surface area contributed by atoms with E-state index in [0.29, 0.717) is 12.2 Å². The summed E-state index contributed by atoms with van der Waals surface area (Å²) in [5.74, 6) is -0.505. The van der Waals surface area contributed by atoms with Crippen LogP contribution in [0.1, 0.15) is 36.7 Å². The highest BCUT2D eigenvalue weighted by Crippen LogP contribution is 2.24. The first kappa shape index (κ1) is 15.4. The molecule has 0 bridgehead atoms. The molecule has 1 heterocycles. The van der Waals surface area contributed by atoms with E-state index in [4.69, 9.17) is 4.74 Å². The quantitative estimate of drug-likeness (QED) is 0.843. The van der Waals surface area contributed by atoms with E-state index in [0.717, 1.165) is 24.2 Å². The zero-order valence-electron chi connectivity index (χ0n) is 12.8. The number of carbonyl (C=O) groups is 2. The van der Waals surface area contributed by atoms with Gasteiger partial charge < -0.3 is 15.0 Å². The Morgan fingerprint density at radius 1 is 1.38 bits per heavy atom. The Morgan fingerprint density at radius 2 is 2.14 bits per heavy atom. The lowest BCUT2D eigenvalue weighted by Crippen LogP contribution is -2.41. The molecule has 2 rings (SSSR count). The van der Waals surface area contributed by atoms with Crippen molar-refractivity contribution < 1.29 is 14.3 Å². The number of hydrogen-bond donors (Lipinski definition) is 1. The number of fused-ring (bicyclic) bond motifs is 1. The van der Waals surface area contributed by atoms with Crippen LogP contribution in [0.25, 0.3) is 0 Å². The van der Waals surface area contributed by atoms with Crippen molar-refractivity contribution in [1.82, 2.24) is 4.90 Å². The van der Waals surface area contributed by atoms with Crippen LogP contribution in [0.15, 0.2) is 18.2 Å². The molecule has 5 heteroatoms. The first-order valence-corrected chi connectivity index (χ1v) is 7.36. The highest BCUT2D eigenvalue weighted by molar-refractivity contribution is 5.97. The van der Waals surface area contributed by atoms with Crippen molar-refractivity contribution in [3.63, 3.8) is 0 Å². The Hall–Kier alpha value is -2.04. The number of nitrogens with one attached hydrogen (secondary N) is 1. The molecular weight excluding hydrogens is 268 g/mol. The highest BCUT2D eigenvalue weighted by atomic mass is 16.5. The van der Waals surface area contributed by atoms with Crippen molar-refractivity contribution in [3.05, 3.63) is 29.3 Å². The predicted octanol–water partition coefficient (Wildman–Crippen LogP) is 2.07. The maximum atomic E-state index is 12.6. The SMILES string of the molecule is CCOC(=O)CN(C(=O)c1ccc2c(c1)CCN2)C(C)C. The molecule has 114 valence electrons. The van der Waals surface area contributed by atoms with E-state index < -0.39 is 0 Å². The van der Waals surface area contributed by atoms with E-state index in [2.05, 4.69) is 5.32 Å². The van der Waals surface area contributed by atoms with Gasteiger partial charge in [0.2, 0.25) is 0 Å². The van der Waals surface area contributed by atoms with Gasteiger partial charge in [0.1, 0.15) is 6.54 Å². The van der Waals surface area contributed by atoms with Gasteiger partial charge in [-0.15, -0.1) is 0 Å². The van der Waals surface area contributed by atoms with E-state index >= 15 is 0 Å². The molecule has 21 heavy (non-hydrogen) atoms. The number of anilines is 1. The van der Waals surface area contributed by atoms with Gasteiger partial charge in [0.05, 0.1) is 6.61 Å². The third-order valence-corrected chi connectivity index (χ3v) is 3.55. The third-order valence-electron chi connectivity index (χ3n) is 3.55. The number of carbonyl (C=O) groups excluding carboxylic acids is 2. The van der Waals surface area contributed by atoms with E-state index in [1.807, 2.05) is 26.0 Å². The molecule has 0 saturated carbocycles. The zero-order valence-corrected chi connectivity index (χ0v) is 12.8. The maximum absolute atomic E-state index is 12.6. The fraction of sp³-hybridized carbons (Fsp3) is 0.500. The zero-order chi connectivity index (χ0) is 15.4. The van der Waals surface area contributed by atoms with Gasteiger partial charge in [-0.2, -0.15) is 0 Å². The summed E-state index contributed by atoms with van der Waals surface area (Å²) in [7, 11) is 0. The Balaban J connectivity index is 2.16. The molecule has 0 atom stereocenters. The minimum atomic E-state index is -0.373. The summed E-state index contributed by atoms with van der Waals surface area (Å²) >= 11 is 0. The molecular formula is C16H22N2O3. The van der Waals surface area contributed by atoms with E-state index in [1.165, 1.54) is 0 Å². The lowest BCUT2D eigenvalue weighted by Gasteiger charge is -2.26. The predicted molar refractivity (Wildman–Crippen MR) is 81.4 cm³/mol. The Bertz CT molecular complexity index is 540. The first-order valence-electron chi connectivity index (χ1n) is 7.36. The number of rotatable bonds is 5. The second-order valence-electron chi connectivity index (χ2n) is 5.38. The summed E-state index contributed by atoms with van der Waals surface area (Å²) in [5.41, 5.74) is 2.86. The molecule has 0 radical (unpaired) electrons. The van der Waals surface area contributed by atoms with Gasteiger partial charge in [-0.25, -0.2) is 0 Å². The third kappa shape index (κ3) is 3.54.